The van der Waals surface area contributed by atoms with E-state index in [-0.39, 0.29) is 5.91 Å². The van der Waals surface area contributed by atoms with Crippen LogP contribution >= 0.6 is 0 Å². The molecule has 1 amide bonds. The van der Waals surface area contributed by atoms with Crippen LogP contribution in [0.1, 0.15) is 13.8 Å². The first kappa shape index (κ1) is 17.2. The molecule has 0 spiro atoms. The summed E-state index contributed by atoms with van der Waals surface area (Å²) in [6, 6.07) is 14.6. The smallest absolute Gasteiger partial charge is 0.338 e. The third-order valence-corrected chi connectivity index (χ3v) is 3.28. The lowest BCUT2D eigenvalue weighted by Crippen LogP contribution is -2.11. The monoisotopic (exact) mass is 321 g/mol. The normalized spacial score (nSPS) is 9.92. The molecule has 0 radical (unpaired) electrons. The van der Waals surface area contributed by atoms with Crippen molar-refractivity contribution in [3.8, 4) is 16.9 Å². The topological polar surface area (TPSA) is 55.4 Å². The van der Waals surface area contributed by atoms with Crippen molar-refractivity contribution >= 4 is 17.6 Å². The van der Waals surface area contributed by atoms with Crippen LogP contribution < -0.4 is 10.1 Å². The zero-order valence-electron chi connectivity index (χ0n) is 13.8. The van der Waals surface area contributed by atoms with Crippen LogP contribution in [0.4, 0.5) is 5.69 Å². The van der Waals surface area contributed by atoms with Crippen LogP contribution in [0, 0.1) is 0 Å². The van der Waals surface area contributed by atoms with Gasteiger partial charge >= 0.3 is 5.97 Å². The number of amides is 1. The van der Waals surface area contributed by atoms with Gasteiger partial charge in [0, 0.05) is 16.8 Å². The molecule has 0 aromatic heterocycles. The molecule has 1 N–H and O–H groups in total. The predicted molar refractivity (Wildman–Crippen MR) is 95.8 cm³/mol. The minimum Gasteiger partial charge on any atom is -0.423 e. The van der Waals surface area contributed by atoms with Crippen LogP contribution in [-0.4, -0.2) is 11.9 Å². The van der Waals surface area contributed by atoms with E-state index in [1.807, 2.05) is 36.4 Å². The highest BCUT2D eigenvalue weighted by molar-refractivity contribution is 6.02. The van der Waals surface area contributed by atoms with Crippen molar-refractivity contribution in [3.05, 3.63) is 72.8 Å². The van der Waals surface area contributed by atoms with E-state index in [0.717, 1.165) is 11.1 Å². The van der Waals surface area contributed by atoms with E-state index in [1.165, 1.54) is 0 Å². The zero-order valence-corrected chi connectivity index (χ0v) is 13.8. The molecule has 0 saturated carbocycles. The molecule has 4 nitrogen and oxygen atoms in total. The van der Waals surface area contributed by atoms with Crippen molar-refractivity contribution in [1.82, 2.24) is 0 Å². The molecule has 0 heterocycles. The highest BCUT2D eigenvalue weighted by Crippen LogP contribution is 2.24. The fourth-order valence-corrected chi connectivity index (χ4v) is 1.89. The predicted octanol–water partition coefficient (Wildman–Crippen LogP) is 4.35. The molecule has 0 aliphatic rings. The molecule has 0 aliphatic heterocycles. The minimum atomic E-state index is -0.444. The maximum Gasteiger partial charge on any atom is 0.338 e. The second-order valence-corrected chi connectivity index (χ2v) is 5.51. The van der Waals surface area contributed by atoms with Crippen molar-refractivity contribution < 1.29 is 14.3 Å². The lowest BCUT2D eigenvalue weighted by Gasteiger charge is -2.08. The first-order valence-corrected chi connectivity index (χ1v) is 7.42. The van der Waals surface area contributed by atoms with Gasteiger partial charge in [0.1, 0.15) is 5.75 Å². The minimum absolute atomic E-state index is 0.202. The summed E-state index contributed by atoms with van der Waals surface area (Å²) in [5, 5.41) is 2.76. The average molecular weight is 321 g/mol. The maximum atomic E-state index is 11.6. The Morgan fingerprint density at radius 2 is 1.33 bits per heavy atom. The fraction of sp³-hybridized carbons (Fsp3) is 0.100. The summed E-state index contributed by atoms with van der Waals surface area (Å²) in [7, 11) is 0. The van der Waals surface area contributed by atoms with Crippen molar-refractivity contribution in [2.45, 2.75) is 13.8 Å². The number of ether oxygens (including phenoxy) is 1. The highest BCUT2D eigenvalue weighted by Gasteiger charge is 2.06. The van der Waals surface area contributed by atoms with Crippen LogP contribution in [0.25, 0.3) is 11.1 Å². The number of benzene rings is 2. The third-order valence-electron chi connectivity index (χ3n) is 3.28. The quantitative estimate of drug-likeness (QED) is 0.506. The molecule has 2 rings (SSSR count). The van der Waals surface area contributed by atoms with Crippen molar-refractivity contribution in [1.29, 1.82) is 0 Å². The number of nitrogens with one attached hydrogen (secondary N) is 1. The van der Waals surface area contributed by atoms with Crippen LogP contribution in [0.5, 0.6) is 5.75 Å². The van der Waals surface area contributed by atoms with Gasteiger partial charge in [0.2, 0.25) is 0 Å². The lowest BCUT2D eigenvalue weighted by molar-refractivity contribution is -0.130. The number of hydrogen-bond donors (Lipinski definition) is 1. The van der Waals surface area contributed by atoms with Crippen LogP contribution in [0.2, 0.25) is 0 Å². The second kappa shape index (κ2) is 7.42. The lowest BCUT2D eigenvalue weighted by atomic mass is 10.1. The molecule has 0 atom stereocenters. The first-order chi connectivity index (χ1) is 11.4. The van der Waals surface area contributed by atoms with Crippen LogP contribution in [0.3, 0.4) is 0 Å². The van der Waals surface area contributed by atoms with Crippen LogP contribution in [0.15, 0.2) is 72.8 Å². The Bertz CT molecular complexity index is 717. The van der Waals surface area contributed by atoms with E-state index in [0.29, 0.717) is 22.6 Å². The van der Waals surface area contributed by atoms with Gasteiger partial charge < -0.3 is 10.1 Å². The number of anilines is 1. The Kier molecular flexibility index (Phi) is 5.32. The third kappa shape index (κ3) is 4.43. The molecule has 4 heteroatoms. The van der Waals surface area contributed by atoms with Gasteiger partial charge in [-0.2, -0.15) is 0 Å². The fourth-order valence-electron chi connectivity index (χ4n) is 1.89. The first-order valence-electron chi connectivity index (χ1n) is 7.42. The van der Waals surface area contributed by atoms with Gasteiger partial charge in [-0.1, -0.05) is 37.4 Å². The molecule has 0 saturated heterocycles. The van der Waals surface area contributed by atoms with Crippen molar-refractivity contribution in [2.75, 3.05) is 5.32 Å². The summed E-state index contributed by atoms with van der Waals surface area (Å²) in [6.07, 6.45) is 0. The van der Waals surface area contributed by atoms with Crippen molar-refractivity contribution in [3.63, 3.8) is 0 Å². The molecule has 0 aliphatic carbocycles. The Hall–Kier alpha value is -3.14. The zero-order chi connectivity index (χ0) is 17.7. The van der Waals surface area contributed by atoms with E-state index in [4.69, 9.17) is 4.74 Å². The summed E-state index contributed by atoms with van der Waals surface area (Å²) < 4.78 is 5.16. The number of hydrogen-bond acceptors (Lipinski definition) is 3. The van der Waals surface area contributed by atoms with Gasteiger partial charge in [0.15, 0.2) is 0 Å². The van der Waals surface area contributed by atoms with E-state index >= 15 is 0 Å². The molecule has 0 unspecified atom stereocenters. The van der Waals surface area contributed by atoms with Gasteiger partial charge in [-0.05, 0) is 49.2 Å². The summed E-state index contributed by atoms with van der Waals surface area (Å²) >= 11 is 0. The second-order valence-electron chi connectivity index (χ2n) is 5.51. The van der Waals surface area contributed by atoms with E-state index in [1.54, 1.807) is 26.0 Å². The van der Waals surface area contributed by atoms with E-state index in [9.17, 15) is 9.59 Å². The van der Waals surface area contributed by atoms with Crippen LogP contribution in [-0.2, 0) is 9.59 Å². The van der Waals surface area contributed by atoms with Gasteiger partial charge in [0.25, 0.3) is 5.91 Å². The molecule has 0 bridgehead atoms. The van der Waals surface area contributed by atoms with Gasteiger partial charge in [0.05, 0.1) is 0 Å². The molecule has 0 fully saturated rings. The summed E-state index contributed by atoms with van der Waals surface area (Å²) in [5.41, 5.74) is 3.48. The Balaban J connectivity index is 2.09. The number of carbonyl (C=O) groups excluding carboxylic acids is 2. The van der Waals surface area contributed by atoms with Gasteiger partial charge in [-0.3, -0.25) is 4.79 Å². The number of esters is 1. The Morgan fingerprint density at radius 1 is 0.833 bits per heavy atom. The highest BCUT2D eigenvalue weighted by atomic mass is 16.5. The molecular formula is C20H19NO3. The van der Waals surface area contributed by atoms with Gasteiger partial charge in [-0.25, -0.2) is 4.79 Å². The largest absolute Gasteiger partial charge is 0.423 e. The van der Waals surface area contributed by atoms with E-state index < -0.39 is 5.97 Å². The standard InChI is InChI=1S/C20H19NO3/c1-13(2)19(22)21-17-9-5-15(6-10-17)16-7-11-18(12-8-16)24-20(23)14(3)4/h5-12H,1,3H2,2,4H3,(H,21,22). The molecule has 24 heavy (non-hydrogen) atoms. The number of carbonyl (C=O) groups is 2. The summed E-state index contributed by atoms with van der Waals surface area (Å²) in [6.45, 7) is 10.4. The number of rotatable bonds is 5. The maximum absolute atomic E-state index is 11.6. The molecule has 2 aromatic rings. The van der Waals surface area contributed by atoms with E-state index in [2.05, 4.69) is 18.5 Å². The molecule has 122 valence electrons. The Morgan fingerprint density at radius 3 is 1.79 bits per heavy atom. The summed E-state index contributed by atoms with van der Waals surface area (Å²) in [5.74, 6) is -0.177. The molecule has 2 aromatic carbocycles. The van der Waals surface area contributed by atoms with Crippen molar-refractivity contribution in [2.24, 2.45) is 0 Å². The average Bonchev–Trinajstić information content (AvgIpc) is 2.56. The SMILES string of the molecule is C=C(C)C(=O)Nc1ccc(-c2ccc(OC(=O)C(=C)C)cc2)cc1. The summed E-state index contributed by atoms with van der Waals surface area (Å²) in [4.78, 5) is 23.1. The molecular weight excluding hydrogens is 302 g/mol. The van der Waals surface area contributed by atoms with Gasteiger partial charge in [-0.15, -0.1) is 0 Å². The Labute approximate surface area is 141 Å².